The molecular weight excluding hydrogens is 245 g/mol. The van der Waals surface area contributed by atoms with E-state index in [0.717, 1.165) is 6.07 Å². The van der Waals surface area contributed by atoms with Gasteiger partial charge in [-0.15, -0.1) is 0 Å². The van der Waals surface area contributed by atoms with Crippen LogP contribution in [0, 0.1) is 0 Å². The van der Waals surface area contributed by atoms with E-state index in [-0.39, 0.29) is 10.7 Å². The minimum absolute atomic E-state index is 0.117. The van der Waals surface area contributed by atoms with Crippen LogP contribution in [0.3, 0.4) is 0 Å². The quantitative estimate of drug-likeness (QED) is 0.599. The summed E-state index contributed by atoms with van der Waals surface area (Å²) in [6.07, 6.45) is -3.75. The Labute approximate surface area is 94.9 Å². The zero-order valence-corrected chi connectivity index (χ0v) is 9.23. The Kier molecular flexibility index (Phi) is 3.74. The summed E-state index contributed by atoms with van der Waals surface area (Å²) in [6, 6.07) is 0.804. The Morgan fingerprint density at radius 1 is 1.50 bits per heavy atom. The fourth-order valence-electron chi connectivity index (χ4n) is 1.04. The summed E-state index contributed by atoms with van der Waals surface area (Å²) < 4.78 is 36.9. The number of alkyl halides is 3. The molecule has 0 amide bonds. The van der Waals surface area contributed by atoms with Crippen LogP contribution in [0.25, 0.3) is 0 Å². The number of hydrogen-bond acceptors (Lipinski definition) is 3. The number of oxime groups is 1. The van der Waals surface area contributed by atoms with Gasteiger partial charge in [0.05, 0.1) is 10.6 Å². The maximum absolute atomic E-state index is 12.3. The van der Waals surface area contributed by atoms with E-state index >= 15 is 0 Å². The average molecular weight is 253 g/mol. The number of nitrogens with zero attached hydrogens (tertiary/aromatic N) is 2. The topological polar surface area (TPSA) is 34.5 Å². The number of hydrogen-bond donors (Lipinski definition) is 0. The van der Waals surface area contributed by atoms with Crippen LogP contribution >= 0.6 is 11.6 Å². The lowest BCUT2D eigenvalue weighted by molar-refractivity contribution is -0.137. The van der Waals surface area contributed by atoms with Crippen LogP contribution in [0.15, 0.2) is 17.4 Å². The van der Waals surface area contributed by atoms with Crippen molar-refractivity contribution in [1.82, 2.24) is 4.98 Å². The number of halogens is 4. The predicted molar refractivity (Wildman–Crippen MR) is 53.5 cm³/mol. The fourth-order valence-corrected chi connectivity index (χ4v) is 1.34. The van der Waals surface area contributed by atoms with Crippen molar-refractivity contribution in [1.29, 1.82) is 0 Å². The molecule has 0 saturated carbocycles. The summed E-state index contributed by atoms with van der Waals surface area (Å²) in [4.78, 5) is 8.08. The van der Waals surface area contributed by atoms with Gasteiger partial charge in [0.2, 0.25) is 0 Å². The van der Waals surface area contributed by atoms with Gasteiger partial charge in [0.1, 0.15) is 18.5 Å². The van der Waals surface area contributed by atoms with Gasteiger partial charge in [-0.3, -0.25) is 4.98 Å². The molecule has 0 saturated heterocycles. The highest BCUT2D eigenvalue weighted by Gasteiger charge is 2.31. The molecule has 1 aromatic heterocycles. The molecule has 7 heteroatoms. The van der Waals surface area contributed by atoms with Crippen LogP contribution < -0.4 is 0 Å². The molecule has 0 spiro atoms. The van der Waals surface area contributed by atoms with Crippen LogP contribution in [-0.2, 0) is 11.0 Å². The lowest BCUT2D eigenvalue weighted by Gasteiger charge is -2.08. The minimum Gasteiger partial charge on any atom is -0.399 e. The highest BCUT2D eigenvalue weighted by molar-refractivity contribution is 6.33. The summed E-state index contributed by atoms with van der Waals surface area (Å²) in [5.74, 6) is 0. The second-order valence-corrected chi connectivity index (χ2v) is 3.32. The number of aromatic nitrogens is 1. The number of rotatable bonds is 2. The van der Waals surface area contributed by atoms with Crippen LogP contribution in [-0.4, -0.2) is 17.8 Å². The van der Waals surface area contributed by atoms with E-state index in [9.17, 15) is 13.2 Å². The van der Waals surface area contributed by atoms with E-state index in [1.54, 1.807) is 0 Å². The molecule has 0 bridgehead atoms. The summed E-state index contributed by atoms with van der Waals surface area (Å²) in [5.41, 5.74) is -0.427. The lowest BCUT2D eigenvalue weighted by atomic mass is 10.2. The van der Waals surface area contributed by atoms with Gasteiger partial charge >= 0.3 is 6.18 Å². The molecule has 0 aliphatic carbocycles. The van der Waals surface area contributed by atoms with Crippen molar-refractivity contribution in [3.05, 3.63) is 28.5 Å². The lowest BCUT2D eigenvalue weighted by Crippen LogP contribution is -2.08. The molecule has 0 aliphatic heterocycles. The summed E-state index contributed by atoms with van der Waals surface area (Å²) in [6.45, 7) is 1.53. The van der Waals surface area contributed by atoms with Crippen molar-refractivity contribution in [3.63, 3.8) is 0 Å². The van der Waals surface area contributed by atoms with Gasteiger partial charge in [0, 0.05) is 6.20 Å². The maximum Gasteiger partial charge on any atom is 0.417 e. The normalized spacial score (nSPS) is 12.8. The molecule has 0 fully saturated rings. The third-order valence-electron chi connectivity index (χ3n) is 1.74. The first-order chi connectivity index (χ1) is 7.36. The highest BCUT2D eigenvalue weighted by Crippen LogP contribution is 2.31. The van der Waals surface area contributed by atoms with E-state index in [4.69, 9.17) is 11.6 Å². The third-order valence-corrected chi connectivity index (χ3v) is 2.03. The molecule has 3 nitrogen and oxygen atoms in total. The van der Waals surface area contributed by atoms with Crippen LogP contribution in [0.2, 0.25) is 5.02 Å². The van der Waals surface area contributed by atoms with E-state index in [1.807, 2.05) is 0 Å². The molecule has 0 aliphatic rings. The Hall–Kier alpha value is -1.30. The molecule has 16 heavy (non-hydrogen) atoms. The predicted octanol–water partition coefficient (Wildman–Crippen LogP) is 3.12. The summed E-state index contributed by atoms with van der Waals surface area (Å²) in [5, 5.41) is 3.42. The average Bonchev–Trinajstić information content (AvgIpc) is 2.16. The number of pyridine rings is 1. The second-order valence-electron chi connectivity index (χ2n) is 2.91. The van der Waals surface area contributed by atoms with Crippen molar-refractivity contribution in [2.45, 2.75) is 13.1 Å². The highest BCUT2D eigenvalue weighted by atomic mass is 35.5. The Morgan fingerprint density at radius 2 is 2.12 bits per heavy atom. The van der Waals surface area contributed by atoms with E-state index in [2.05, 4.69) is 15.0 Å². The van der Waals surface area contributed by atoms with Crippen LogP contribution in [0.1, 0.15) is 18.2 Å². The zero-order valence-electron chi connectivity index (χ0n) is 8.47. The van der Waals surface area contributed by atoms with Crippen molar-refractivity contribution in [2.75, 3.05) is 7.11 Å². The van der Waals surface area contributed by atoms with Gasteiger partial charge in [0.25, 0.3) is 0 Å². The molecule has 0 N–H and O–H groups in total. The molecule has 0 aromatic carbocycles. The van der Waals surface area contributed by atoms with Gasteiger partial charge < -0.3 is 4.84 Å². The van der Waals surface area contributed by atoms with Crippen LogP contribution in [0.5, 0.6) is 0 Å². The third kappa shape index (κ3) is 2.85. The molecule has 1 aromatic rings. The van der Waals surface area contributed by atoms with Gasteiger partial charge in [0.15, 0.2) is 0 Å². The SMILES string of the molecule is CO/N=C(\C)c1ncc(C(F)(F)F)cc1Cl. The van der Waals surface area contributed by atoms with Crippen molar-refractivity contribution in [2.24, 2.45) is 5.16 Å². The largest absolute Gasteiger partial charge is 0.417 e. The van der Waals surface area contributed by atoms with Gasteiger partial charge in [-0.1, -0.05) is 16.8 Å². The fraction of sp³-hybridized carbons (Fsp3) is 0.333. The molecule has 88 valence electrons. The van der Waals surface area contributed by atoms with E-state index in [1.165, 1.54) is 14.0 Å². The first kappa shape index (κ1) is 12.8. The second kappa shape index (κ2) is 4.69. The minimum atomic E-state index is -4.46. The van der Waals surface area contributed by atoms with Crippen molar-refractivity contribution < 1.29 is 18.0 Å². The van der Waals surface area contributed by atoms with E-state index in [0.29, 0.717) is 11.9 Å². The monoisotopic (exact) mass is 252 g/mol. The zero-order chi connectivity index (χ0) is 12.3. The Balaban J connectivity index is 3.15. The smallest absolute Gasteiger partial charge is 0.399 e. The maximum atomic E-state index is 12.3. The molecule has 0 unspecified atom stereocenters. The van der Waals surface area contributed by atoms with Gasteiger partial charge in [-0.2, -0.15) is 13.2 Å². The summed E-state index contributed by atoms with van der Waals surface area (Å²) in [7, 11) is 1.32. The van der Waals surface area contributed by atoms with Crippen molar-refractivity contribution >= 4 is 17.3 Å². The van der Waals surface area contributed by atoms with Crippen molar-refractivity contribution in [3.8, 4) is 0 Å². The first-order valence-electron chi connectivity index (χ1n) is 4.17. The Morgan fingerprint density at radius 3 is 2.56 bits per heavy atom. The molecule has 0 atom stereocenters. The molecule has 0 radical (unpaired) electrons. The summed E-state index contributed by atoms with van der Waals surface area (Å²) >= 11 is 5.67. The molecule has 1 heterocycles. The first-order valence-corrected chi connectivity index (χ1v) is 4.55. The van der Waals surface area contributed by atoms with Crippen LogP contribution in [0.4, 0.5) is 13.2 Å². The molecule has 1 rings (SSSR count). The molecular formula is C9H8ClF3N2O. The standard InChI is InChI=1S/C9H8ClF3N2O/c1-5(15-16-2)8-7(10)3-6(4-14-8)9(11,12)13/h3-4H,1-2H3/b15-5+. The Bertz CT molecular complexity index is 418. The van der Waals surface area contributed by atoms with Gasteiger partial charge in [-0.05, 0) is 13.0 Å². The van der Waals surface area contributed by atoms with E-state index < -0.39 is 11.7 Å². The van der Waals surface area contributed by atoms with Gasteiger partial charge in [-0.25, -0.2) is 0 Å².